The quantitative estimate of drug-likeness (QED) is 0.626. The van der Waals surface area contributed by atoms with Gasteiger partial charge in [-0.1, -0.05) is 32.8 Å². The molecule has 0 amide bonds. The van der Waals surface area contributed by atoms with Crippen LogP contribution in [-0.2, 0) is 11.2 Å². The minimum absolute atomic E-state index is 0.0105. The molecule has 162 valence electrons. The van der Waals surface area contributed by atoms with Gasteiger partial charge in [-0.15, -0.1) is 0 Å². The van der Waals surface area contributed by atoms with Crippen molar-refractivity contribution in [1.29, 1.82) is 0 Å². The van der Waals surface area contributed by atoms with Crippen molar-refractivity contribution in [2.24, 2.45) is 5.92 Å². The highest BCUT2D eigenvalue weighted by Crippen LogP contribution is 2.38. The smallest absolute Gasteiger partial charge is 0.355 e. The highest BCUT2D eigenvalue weighted by molar-refractivity contribution is 6.03. The average Bonchev–Trinajstić information content (AvgIpc) is 3.10. The number of aromatic amines is 1. The Morgan fingerprint density at radius 2 is 1.83 bits per heavy atom. The van der Waals surface area contributed by atoms with E-state index in [9.17, 15) is 9.59 Å². The lowest BCUT2D eigenvalue weighted by atomic mass is 9.81. The van der Waals surface area contributed by atoms with Crippen LogP contribution >= 0.6 is 0 Å². The van der Waals surface area contributed by atoms with Gasteiger partial charge in [0.25, 0.3) is 0 Å². The van der Waals surface area contributed by atoms with Crippen molar-refractivity contribution in [3.8, 4) is 11.5 Å². The van der Waals surface area contributed by atoms with Crippen molar-refractivity contribution in [2.45, 2.75) is 52.4 Å². The van der Waals surface area contributed by atoms with Crippen molar-refractivity contribution in [2.75, 3.05) is 20.8 Å². The highest BCUT2D eigenvalue weighted by Gasteiger charge is 2.32. The first-order chi connectivity index (χ1) is 14.4. The van der Waals surface area contributed by atoms with E-state index in [-0.39, 0.29) is 17.7 Å². The number of methoxy groups -OCH3 is 2. The molecule has 0 bridgehead atoms. The fourth-order valence-corrected chi connectivity index (χ4v) is 4.17. The molecule has 0 saturated carbocycles. The maximum absolute atomic E-state index is 12.9. The van der Waals surface area contributed by atoms with E-state index in [1.54, 1.807) is 14.2 Å². The SMILES string of the molecule is CCC(CC)COC(=O)c1[nH]c2c(c1C)C(=O)C[C@H](c1ccc(OC)c(OC)c1)C2. The first-order valence-corrected chi connectivity index (χ1v) is 10.6. The molecule has 6 nitrogen and oxygen atoms in total. The lowest BCUT2D eigenvalue weighted by Crippen LogP contribution is -2.18. The standard InChI is InChI=1S/C24H31NO5/c1-6-15(7-2)13-30-24(27)23-14(3)22-18(25-23)10-17(11-19(22)26)16-8-9-20(28-4)21(12-16)29-5/h8-9,12,15,17,25H,6-7,10-11,13H2,1-5H3/t17-/m1/s1. The summed E-state index contributed by atoms with van der Waals surface area (Å²) in [5, 5.41) is 0. The molecule has 0 fully saturated rings. The van der Waals surface area contributed by atoms with E-state index in [1.165, 1.54) is 0 Å². The van der Waals surface area contributed by atoms with Crippen LogP contribution in [0, 0.1) is 12.8 Å². The van der Waals surface area contributed by atoms with Crippen LogP contribution in [0.15, 0.2) is 18.2 Å². The van der Waals surface area contributed by atoms with Gasteiger partial charge in [0.15, 0.2) is 17.3 Å². The van der Waals surface area contributed by atoms with Gasteiger partial charge in [-0.25, -0.2) is 4.79 Å². The zero-order valence-corrected chi connectivity index (χ0v) is 18.5. The zero-order valence-electron chi connectivity index (χ0n) is 18.5. The second-order valence-electron chi connectivity index (χ2n) is 7.90. The molecule has 0 unspecified atom stereocenters. The van der Waals surface area contributed by atoms with E-state index >= 15 is 0 Å². The van der Waals surface area contributed by atoms with Crippen molar-refractivity contribution in [3.63, 3.8) is 0 Å². The Hall–Kier alpha value is -2.76. The predicted molar refractivity (Wildman–Crippen MR) is 115 cm³/mol. The van der Waals surface area contributed by atoms with Crippen molar-refractivity contribution in [1.82, 2.24) is 4.98 Å². The van der Waals surface area contributed by atoms with E-state index in [2.05, 4.69) is 18.8 Å². The first-order valence-electron chi connectivity index (χ1n) is 10.6. The van der Waals surface area contributed by atoms with Gasteiger partial charge in [-0.3, -0.25) is 4.79 Å². The third-order valence-electron chi connectivity index (χ3n) is 6.18. The summed E-state index contributed by atoms with van der Waals surface area (Å²) in [5.74, 6) is 1.32. The number of ketones is 1. The van der Waals surface area contributed by atoms with Crippen molar-refractivity contribution in [3.05, 3.63) is 46.3 Å². The number of ether oxygens (including phenoxy) is 3. The third kappa shape index (κ3) is 4.23. The topological polar surface area (TPSA) is 77.6 Å². The number of nitrogens with one attached hydrogen (secondary N) is 1. The number of fused-ring (bicyclic) bond motifs is 1. The third-order valence-corrected chi connectivity index (χ3v) is 6.18. The van der Waals surface area contributed by atoms with E-state index in [4.69, 9.17) is 14.2 Å². The van der Waals surface area contributed by atoms with Gasteiger partial charge in [-0.2, -0.15) is 0 Å². The number of rotatable bonds is 8. The summed E-state index contributed by atoms with van der Waals surface area (Å²) in [6.45, 7) is 6.40. The van der Waals surface area contributed by atoms with Crippen LogP contribution in [0.1, 0.15) is 76.7 Å². The van der Waals surface area contributed by atoms with Crippen LogP contribution in [0.5, 0.6) is 11.5 Å². The van der Waals surface area contributed by atoms with Crippen LogP contribution in [0.3, 0.4) is 0 Å². The molecule has 1 N–H and O–H groups in total. The molecule has 6 heteroatoms. The number of H-pyrrole nitrogens is 1. The summed E-state index contributed by atoms with van der Waals surface area (Å²) in [6.07, 6.45) is 2.98. The number of hydrogen-bond acceptors (Lipinski definition) is 5. The van der Waals surface area contributed by atoms with Gasteiger partial charge in [-0.05, 0) is 48.4 Å². The maximum Gasteiger partial charge on any atom is 0.355 e. The number of benzene rings is 1. The van der Waals surface area contributed by atoms with Gasteiger partial charge in [0, 0.05) is 17.7 Å². The molecule has 1 heterocycles. The second-order valence-corrected chi connectivity index (χ2v) is 7.90. The van der Waals surface area contributed by atoms with Gasteiger partial charge >= 0.3 is 5.97 Å². The highest BCUT2D eigenvalue weighted by atomic mass is 16.5. The summed E-state index contributed by atoms with van der Waals surface area (Å²) in [7, 11) is 3.19. The summed E-state index contributed by atoms with van der Waals surface area (Å²) in [5.41, 5.74) is 3.54. The number of carbonyl (C=O) groups excluding carboxylic acids is 2. The Balaban J connectivity index is 1.83. The molecule has 0 aliphatic heterocycles. The molecule has 1 atom stereocenters. The van der Waals surface area contributed by atoms with Crippen molar-refractivity contribution < 1.29 is 23.8 Å². The number of aromatic nitrogens is 1. The Morgan fingerprint density at radius 3 is 2.47 bits per heavy atom. The van der Waals surface area contributed by atoms with E-state index in [0.717, 1.165) is 24.1 Å². The molecule has 30 heavy (non-hydrogen) atoms. The van der Waals surface area contributed by atoms with Gasteiger partial charge < -0.3 is 19.2 Å². The maximum atomic E-state index is 12.9. The van der Waals surface area contributed by atoms with E-state index in [0.29, 0.717) is 53.7 Å². The Labute approximate surface area is 177 Å². The monoisotopic (exact) mass is 413 g/mol. The fourth-order valence-electron chi connectivity index (χ4n) is 4.17. The molecule has 0 radical (unpaired) electrons. The molecular formula is C24H31NO5. The zero-order chi connectivity index (χ0) is 21.8. The predicted octanol–water partition coefficient (Wildman–Crippen LogP) is 4.85. The molecule has 3 rings (SSSR count). The average molecular weight is 414 g/mol. The summed E-state index contributed by atoms with van der Waals surface area (Å²) >= 11 is 0. The number of Topliss-reactive ketones (excluding diaryl/α,β-unsaturated/α-hetero) is 1. The van der Waals surface area contributed by atoms with Crippen molar-refractivity contribution >= 4 is 11.8 Å². The number of esters is 1. The first kappa shape index (κ1) is 21.9. The molecule has 1 aromatic heterocycles. The molecule has 0 spiro atoms. The number of carbonyl (C=O) groups is 2. The van der Waals surface area contributed by atoms with Crippen LogP contribution in [0.4, 0.5) is 0 Å². The van der Waals surface area contributed by atoms with E-state index < -0.39 is 0 Å². The van der Waals surface area contributed by atoms with Crippen LogP contribution in [0.2, 0.25) is 0 Å². The van der Waals surface area contributed by atoms with E-state index in [1.807, 2.05) is 25.1 Å². The van der Waals surface area contributed by atoms with Crippen LogP contribution in [0.25, 0.3) is 0 Å². The molecule has 1 aromatic carbocycles. The van der Waals surface area contributed by atoms with Crippen LogP contribution in [-0.4, -0.2) is 37.6 Å². The summed E-state index contributed by atoms with van der Waals surface area (Å²) in [4.78, 5) is 28.8. The second kappa shape index (κ2) is 9.37. The van der Waals surface area contributed by atoms with Gasteiger partial charge in [0.05, 0.1) is 20.8 Å². The minimum atomic E-state index is -0.385. The molecular weight excluding hydrogens is 382 g/mol. The summed E-state index contributed by atoms with van der Waals surface area (Å²) < 4.78 is 16.2. The Bertz CT molecular complexity index is 926. The molecule has 2 aromatic rings. The normalized spacial score (nSPS) is 15.8. The minimum Gasteiger partial charge on any atom is -0.493 e. The summed E-state index contributed by atoms with van der Waals surface area (Å²) in [6, 6.07) is 5.74. The fraction of sp³-hybridized carbons (Fsp3) is 0.500. The largest absolute Gasteiger partial charge is 0.493 e. The Morgan fingerprint density at radius 1 is 1.13 bits per heavy atom. The Kier molecular flexibility index (Phi) is 6.85. The molecule has 1 aliphatic rings. The number of hydrogen-bond donors (Lipinski definition) is 1. The molecule has 0 saturated heterocycles. The van der Waals surface area contributed by atoms with Gasteiger partial charge in [0.2, 0.25) is 0 Å². The lowest BCUT2D eigenvalue weighted by molar-refractivity contribution is 0.0426. The van der Waals surface area contributed by atoms with Gasteiger partial charge in [0.1, 0.15) is 5.69 Å². The van der Waals surface area contributed by atoms with Crippen LogP contribution < -0.4 is 9.47 Å². The molecule has 1 aliphatic carbocycles. The lowest BCUT2D eigenvalue weighted by Gasteiger charge is -2.23.